The van der Waals surface area contributed by atoms with Crippen LogP contribution in [0.5, 0.6) is 0 Å². The van der Waals surface area contributed by atoms with Gasteiger partial charge in [0.25, 0.3) is 0 Å². The second-order valence-corrected chi connectivity index (χ2v) is 7.05. The molecule has 0 radical (unpaired) electrons. The number of amides is 1. The Labute approximate surface area is 133 Å². The van der Waals surface area contributed by atoms with Crippen molar-refractivity contribution in [3.05, 3.63) is 51.2 Å². The molecule has 2 atom stereocenters. The van der Waals surface area contributed by atoms with Crippen molar-refractivity contribution in [1.29, 1.82) is 0 Å². The van der Waals surface area contributed by atoms with E-state index in [9.17, 15) is 4.79 Å². The first-order valence-corrected chi connectivity index (χ1v) is 8.12. The Bertz CT molecular complexity index is 670. The fourth-order valence-corrected chi connectivity index (χ4v) is 3.81. The van der Waals surface area contributed by atoms with Crippen molar-refractivity contribution in [1.82, 2.24) is 5.32 Å². The summed E-state index contributed by atoms with van der Waals surface area (Å²) in [5.41, 5.74) is 2.16. The fourth-order valence-electron chi connectivity index (χ4n) is 2.74. The summed E-state index contributed by atoms with van der Waals surface area (Å²) >= 11 is 7.58. The van der Waals surface area contributed by atoms with Crippen molar-refractivity contribution in [2.75, 3.05) is 11.9 Å². The number of hydrogen-bond donors (Lipinski definition) is 1. The number of nitrogens with one attached hydrogen (secondary N) is 1. The Morgan fingerprint density at radius 2 is 2.10 bits per heavy atom. The van der Waals surface area contributed by atoms with Gasteiger partial charge in [-0.2, -0.15) is 0 Å². The first kappa shape index (κ1) is 14.6. The number of carbonyl (C=O) groups is 1. The van der Waals surface area contributed by atoms with Gasteiger partial charge in [0, 0.05) is 36.1 Å². The number of anilines is 1. The zero-order valence-corrected chi connectivity index (χ0v) is 13.5. The molecule has 110 valence electrons. The summed E-state index contributed by atoms with van der Waals surface area (Å²) in [6.45, 7) is 2.10. The SMILES string of the molecule is CC(NC1CC(=O)N(C)c2ccccc21)c1ccc(Cl)s1. The van der Waals surface area contributed by atoms with Gasteiger partial charge in [-0.1, -0.05) is 29.8 Å². The van der Waals surface area contributed by atoms with Crippen molar-refractivity contribution >= 4 is 34.5 Å². The van der Waals surface area contributed by atoms with Crippen LogP contribution >= 0.6 is 22.9 Å². The van der Waals surface area contributed by atoms with Crippen LogP contribution in [-0.2, 0) is 4.79 Å². The number of carbonyl (C=O) groups excluding carboxylic acids is 1. The van der Waals surface area contributed by atoms with Crippen LogP contribution in [0, 0.1) is 0 Å². The monoisotopic (exact) mass is 320 g/mol. The summed E-state index contributed by atoms with van der Waals surface area (Å²) in [6.07, 6.45) is 0.483. The molecule has 1 aliphatic heterocycles. The van der Waals surface area contributed by atoms with Crippen LogP contribution in [0.2, 0.25) is 4.34 Å². The maximum absolute atomic E-state index is 12.2. The molecule has 1 amide bonds. The molecule has 2 unspecified atom stereocenters. The third kappa shape index (κ3) is 2.84. The lowest BCUT2D eigenvalue weighted by atomic mass is 9.95. The number of fused-ring (bicyclic) bond motifs is 1. The molecule has 1 N–H and O–H groups in total. The molecular weight excluding hydrogens is 304 g/mol. The van der Waals surface area contributed by atoms with Crippen LogP contribution in [0.25, 0.3) is 0 Å². The molecule has 0 saturated carbocycles. The highest BCUT2D eigenvalue weighted by atomic mass is 35.5. The Morgan fingerprint density at radius 1 is 1.33 bits per heavy atom. The van der Waals surface area contributed by atoms with Crippen LogP contribution in [0.4, 0.5) is 5.69 Å². The van der Waals surface area contributed by atoms with Crippen molar-refractivity contribution in [2.24, 2.45) is 0 Å². The third-order valence-corrected chi connectivity index (χ3v) is 5.31. The van der Waals surface area contributed by atoms with Gasteiger partial charge in [0.2, 0.25) is 5.91 Å². The molecule has 2 heterocycles. The van der Waals surface area contributed by atoms with Crippen molar-refractivity contribution in [3.8, 4) is 0 Å². The molecule has 0 bridgehead atoms. The number of thiophene rings is 1. The van der Waals surface area contributed by atoms with Crippen LogP contribution < -0.4 is 10.2 Å². The topological polar surface area (TPSA) is 32.3 Å². The van der Waals surface area contributed by atoms with Crippen LogP contribution in [0.3, 0.4) is 0 Å². The minimum atomic E-state index is 0.0424. The summed E-state index contributed by atoms with van der Waals surface area (Å²) in [5.74, 6) is 0.141. The highest BCUT2D eigenvalue weighted by Gasteiger charge is 2.29. The zero-order chi connectivity index (χ0) is 15.0. The first-order valence-electron chi connectivity index (χ1n) is 6.93. The second-order valence-electron chi connectivity index (χ2n) is 5.30. The maximum Gasteiger partial charge on any atom is 0.228 e. The standard InChI is InChI=1S/C16H17ClN2OS/c1-10(14-7-8-15(17)21-14)18-12-9-16(20)19(2)13-6-4-3-5-11(12)13/h3-8,10,12,18H,9H2,1-2H3. The lowest BCUT2D eigenvalue weighted by Gasteiger charge is -2.33. The van der Waals surface area contributed by atoms with Gasteiger partial charge < -0.3 is 10.2 Å². The van der Waals surface area contributed by atoms with Gasteiger partial charge in [0.15, 0.2) is 0 Å². The van der Waals surface area contributed by atoms with Gasteiger partial charge in [-0.25, -0.2) is 0 Å². The van der Waals surface area contributed by atoms with Crippen LogP contribution in [0.15, 0.2) is 36.4 Å². The molecule has 5 heteroatoms. The van der Waals surface area contributed by atoms with Crippen molar-refractivity contribution in [2.45, 2.75) is 25.4 Å². The van der Waals surface area contributed by atoms with Gasteiger partial charge in [0.05, 0.1) is 4.34 Å². The van der Waals surface area contributed by atoms with E-state index in [2.05, 4.69) is 18.3 Å². The molecule has 1 aromatic heterocycles. The van der Waals surface area contributed by atoms with Crippen molar-refractivity contribution in [3.63, 3.8) is 0 Å². The third-order valence-electron chi connectivity index (χ3n) is 3.90. The molecule has 1 aliphatic rings. The Morgan fingerprint density at radius 3 is 2.81 bits per heavy atom. The van der Waals surface area contributed by atoms with E-state index in [1.807, 2.05) is 37.4 Å². The van der Waals surface area contributed by atoms with Gasteiger partial charge in [-0.05, 0) is 30.7 Å². The van der Waals surface area contributed by atoms with Crippen LogP contribution in [-0.4, -0.2) is 13.0 Å². The van der Waals surface area contributed by atoms with Gasteiger partial charge in [0.1, 0.15) is 0 Å². The minimum absolute atomic E-state index is 0.0424. The largest absolute Gasteiger partial charge is 0.315 e. The molecule has 2 aromatic rings. The Balaban J connectivity index is 1.86. The predicted octanol–water partition coefficient (Wildman–Crippen LogP) is 4.16. The molecule has 3 nitrogen and oxygen atoms in total. The van der Waals surface area contributed by atoms with E-state index in [0.29, 0.717) is 6.42 Å². The predicted molar refractivity (Wildman–Crippen MR) is 88.1 cm³/mol. The fraction of sp³-hybridized carbons (Fsp3) is 0.312. The lowest BCUT2D eigenvalue weighted by Crippen LogP contribution is -2.38. The number of benzene rings is 1. The minimum Gasteiger partial charge on any atom is -0.315 e. The van der Waals surface area contributed by atoms with E-state index in [-0.39, 0.29) is 18.0 Å². The number of nitrogens with zero attached hydrogens (tertiary/aromatic N) is 1. The summed E-state index contributed by atoms with van der Waals surface area (Å²) in [4.78, 5) is 15.1. The first-order chi connectivity index (χ1) is 10.1. The molecule has 0 fully saturated rings. The highest BCUT2D eigenvalue weighted by molar-refractivity contribution is 7.16. The van der Waals surface area contributed by atoms with E-state index in [1.54, 1.807) is 16.2 Å². The summed E-state index contributed by atoms with van der Waals surface area (Å²) in [6, 6.07) is 12.2. The Kier molecular flexibility index (Phi) is 4.02. The molecule has 21 heavy (non-hydrogen) atoms. The molecule has 1 aromatic carbocycles. The summed E-state index contributed by atoms with van der Waals surface area (Å²) in [7, 11) is 1.83. The van der Waals surface area contributed by atoms with E-state index >= 15 is 0 Å². The zero-order valence-electron chi connectivity index (χ0n) is 12.0. The van der Waals surface area contributed by atoms with Gasteiger partial charge >= 0.3 is 0 Å². The van der Waals surface area contributed by atoms with Gasteiger partial charge in [-0.15, -0.1) is 11.3 Å². The number of hydrogen-bond acceptors (Lipinski definition) is 3. The normalized spacial score (nSPS) is 19.5. The average Bonchev–Trinajstić information content (AvgIpc) is 2.91. The summed E-state index contributed by atoms with van der Waals surface area (Å²) < 4.78 is 0.790. The number of para-hydroxylation sites is 1. The molecule has 3 rings (SSSR count). The summed E-state index contributed by atoms with van der Waals surface area (Å²) in [5, 5.41) is 3.56. The number of halogens is 1. The van der Waals surface area contributed by atoms with Gasteiger partial charge in [-0.3, -0.25) is 4.79 Å². The number of rotatable bonds is 3. The van der Waals surface area contributed by atoms with Crippen molar-refractivity contribution < 1.29 is 4.79 Å². The van der Waals surface area contributed by atoms with Crippen LogP contribution in [0.1, 0.15) is 35.9 Å². The molecular formula is C16H17ClN2OS. The highest BCUT2D eigenvalue weighted by Crippen LogP contribution is 2.36. The van der Waals surface area contributed by atoms with E-state index in [4.69, 9.17) is 11.6 Å². The molecule has 0 saturated heterocycles. The second kappa shape index (κ2) is 5.79. The van der Waals surface area contributed by atoms with E-state index in [0.717, 1.165) is 10.0 Å². The Hall–Kier alpha value is -1.36. The van der Waals surface area contributed by atoms with E-state index < -0.39 is 0 Å². The molecule has 0 spiro atoms. The van der Waals surface area contributed by atoms with E-state index in [1.165, 1.54) is 10.4 Å². The quantitative estimate of drug-likeness (QED) is 0.921. The maximum atomic E-state index is 12.2. The lowest BCUT2D eigenvalue weighted by molar-refractivity contribution is -0.119. The average molecular weight is 321 g/mol. The molecule has 0 aliphatic carbocycles. The smallest absolute Gasteiger partial charge is 0.228 e.